The van der Waals surface area contributed by atoms with Crippen LogP contribution >= 0.6 is 12.6 Å². The smallest absolute Gasteiger partial charge is 0.254 e. The van der Waals surface area contributed by atoms with Gasteiger partial charge in [0.2, 0.25) is 0 Å². The fourth-order valence-electron chi connectivity index (χ4n) is 5.23. The molecule has 1 heterocycles. The first kappa shape index (κ1) is 35.6. The van der Waals surface area contributed by atoms with Gasteiger partial charge in [-0.15, -0.1) is 12.6 Å². The topological polar surface area (TPSA) is 67.6 Å². The minimum Gasteiger partial charge on any atom is -0.384 e. The molecule has 3 rings (SSSR count). The van der Waals surface area contributed by atoms with Crippen LogP contribution in [0.15, 0.2) is 87.0 Å². The predicted molar refractivity (Wildman–Crippen MR) is 174 cm³/mol. The minimum absolute atomic E-state index is 0.0693. The second-order valence-electron chi connectivity index (χ2n) is 10.1. The van der Waals surface area contributed by atoms with Crippen LogP contribution in [0.25, 0.3) is 0 Å². The van der Waals surface area contributed by atoms with E-state index in [1.165, 1.54) is 6.42 Å². The zero-order valence-electron chi connectivity index (χ0n) is 25.8. The number of nitrogens with two attached hydrogens (primary N) is 2. The molecule has 0 aromatic heterocycles. The number of alkyl halides is 2. The first-order valence-corrected chi connectivity index (χ1v) is 15.1. The lowest BCUT2D eigenvalue weighted by Gasteiger charge is -2.40. The van der Waals surface area contributed by atoms with Crippen LogP contribution in [0.1, 0.15) is 68.2 Å². The maximum Gasteiger partial charge on any atom is 0.254 e. The number of rotatable bonds is 8. The van der Waals surface area contributed by atoms with Crippen LogP contribution in [0.3, 0.4) is 0 Å². The van der Waals surface area contributed by atoms with Crippen LogP contribution in [0.4, 0.5) is 8.78 Å². The summed E-state index contributed by atoms with van der Waals surface area (Å²) in [5.41, 5.74) is 15.4. The Morgan fingerprint density at radius 3 is 2.33 bits per heavy atom. The van der Waals surface area contributed by atoms with Crippen LogP contribution in [0, 0.1) is 17.8 Å². The molecule has 4 N–H and O–H groups in total. The van der Waals surface area contributed by atoms with Gasteiger partial charge in [0.05, 0.1) is 12.0 Å². The molecule has 0 saturated heterocycles. The number of halogens is 2. The Morgan fingerprint density at radius 2 is 1.88 bits per heavy atom. The fourth-order valence-corrected chi connectivity index (χ4v) is 5.47. The number of thiol groups is 1. The summed E-state index contributed by atoms with van der Waals surface area (Å²) in [7, 11) is 0. The molecule has 40 heavy (non-hydrogen) atoms. The van der Waals surface area contributed by atoms with E-state index in [-0.39, 0.29) is 11.8 Å². The molecule has 0 aromatic carbocycles. The summed E-state index contributed by atoms with van der Waals surface area (Å²) in [6.07, 6.45) is 20.4. The largest absolute Gasteiger partial charge is 0.384 e. The molecule has 4 nitrogen and oxygen atoms in total. The molecule has 0 amide bonds. The summed E-state index contributed by atoms with van der Waals surface area (Å²) in [6, 6.07) is -0.720. The Balaban J connectivity index is 0.000000759. The molecule has 0 aromatic rings. The number of aliphatic imine (C=N–C) groups is 1. The maximum absolute atomic E-state index is 15.2. The van der Waals surface area contributed by atoms with Gasteiger partial charge in [-0.1, -0.05) is 68.9 Å². The van der Waals surface area contributed by atoms with Crippen molar-refractivity contribution in [3.63, 3.8) is 0 Å². The molecule has 0 bridgehead atoms. The van der Waals surface area contributed by atoms with Crippen LogP contribution in [-0.2, 0) is 0 Å². The lowest BCUT2D eigenvalue weighted by molar-refractivity contribution is -0.0335. The second kappa shape index (κ2) is 17.4. The molecule has 1 aliphatic heterocycles. The highest BCUT2D eigenvalue weighted by Gasteiger charge is 2.48. The summed E-state index contributed by atoms with van der Waals surface area (Å²) in [5, 5.41) is 0. The van der Waals surface area contributed by atoms with Crippen molar-refractivity contribution in [3.05, 3.63) is 82.0 Å². The molecule has 2 aliphatic carbocycles. The van der Waals surface area contributed by atoms with E-state index in [1.54, 1.807) is 6.08 Å². The van der Waals surface area contributed by atoms with Gasteiger partial charge in [-0.05, 0) is 74.7 Å². The van der Waals surface area contributed by atoms with Gasteiger partial charge >= 0.3 is 0 Å². The van der Waals surface area contributed by atoms with E-state index in [0.29, 0.717) is 18.0 Å². The summed E-state index contributed by atoms with van der Waals surface area (Å²) in [6.45, 7) is 16.9. The molecule has 224 valence electrons. The van der Waals surface area contributed by atoms with Crippen LogP contribution in [0.5, 0.6) is 0 Å². The molecule has 0 radical (unpaired) electrons. The summed E-state index contributed by atoms with van der Waals surface area (Å²) >= 11 is 4.14. The molecule has 0 fully saturated rings. The average molecular weight is 575 g/mol. The van der Waals surface area contributed by atoms with Gasteiger partial charge in [-0.3, -0.25) is 4.99 Å². The first-order valence-electron chi connectivity index (χ1n) is 14.6. The maximum atomic E-state index is 15.2. The molecule has 4 atom stereocenters. The number of dihydropyridines is 1. The standard InChI is InChI=1S/C25H38F2N4.C6H8S.C2H6/c1-7-16(4)19(8-2)24-23(25(6,26)27)21(15-22(29)30-24)20-14-18(11-10-17(20)5)31(9-3)13-12-28;7-6-4-2-1-3-5-6;1-2/h7-8,10-11,14-15,17,20,23-24H,9,12-13,28H2,1-6H3,(H2,29,30);2,4-5,7H,1,3H2;1-2H3/b16-7-,19-8+;;/t17-,20?,23?,24?;;/m0../s1. The Morgan fingerprint density at radius 1 is 1.20 bits per heavy atom. The number of amidine groups is 1. The van der Waals surface area contributed by atoms with E-state index >= 15 is 8.78 Å². The Labute approximate surface area is 247 Å². The summed E-state index contributed by atoms with van der Waals surface area (Å²) in [5.74, 6) is -3.85. The van der Waals surface area contributed by atoms with Crippen molar-refractivity contribution in [1.82, 2.24) is 4.90 Å². The summed E-state index contributed by atoms with van der Waals surface area (Å²) < 4.78 is 30.3. The van der Waals surface area contributed by atoms with E-state index in [2.05, 4.69) is 66.7 Å². The molecule has 3 aliphatic rings. The van der Waals surface area contributed by atoms with Gasteiger partial charge in [0.25, 0.3) is 5.92 Å². The third-order valence-electron chi connectivity index (χ3n) is 7.34. The van der Waals surface area contributed by atoms with Crippen molar-refractivity contribution < 1.29 is 8.78 Å². The Bertz CT molecular complexity index is 1060. The van der Waals surface area contributed by atoms with Gasteiger partial charge in [-0.25, -0.2) is 8.78 Å². The van der Waals surface area contributed by atoms with E-state index in [1.807, 2.05) is 52.8 Å². The van der Waals surface area contributed by atoms with Crippen LogP contribution in [0.2, 0.25) is 0 Å². The molecule has 7 heteroatoms. The predicted octanol–water partition coefficient (Wildman–Crippen LogP) is 8.00. The normalized spacial score (nSPS) is 24.9. The van der Waals surface area contributed by atoms with Crippen LogP contribution in [-0.4, -0.2) is 42.3 Å². The Hall–Kier alpha value is -2.38. The SMILES string of the molecule is C/C=C(C)\C(=C/C)C1N=C(N)C=C(C2C=C(N(CC)CCN)C=C[C@@H]2C)C1C(C)(F)F.CC.SC1=CCCC=C1. The van der Waals surface area contributed by atoms with Crippen LogP contribution < -0.4 is 11.5 Å². The quantitative estimate of drug-likeness (QED) is 0.203. The number of hydrogen-bond acceptors (Lipinski definition) is 5. The number of likely N-dealkylation sites (N-methyl/N-ethyl adjacent to an activating group) is 1. The third kappa shape index (κ3) is 9.91. The highest BCUT2D eigenvalue weighted by molar-refractivity contribution is 7.84. The van der Waals surface area contributed by atoms with Crippen molar-refractivity contribution in [2.45, 2.75) is 80.2 Å². The fraction of sp³-hybridized carbons (Fsp3) is 0.545. The average Bonchev–Trinajstić information content (AvgIpc) is 2.93. The van der Waals surface area contributed by atoms with Crippen molar-refractivity contribution >= 4 is 18.5 Å². The van der Waals surface area contributed by atoms with Crippen molar-refractivity contribution in [2.24, 2.45) is 34.2 Å². The number of hydrogen-bond donors (Lipinski definition) is 3. The lowest BCUT2D eigenvalue weighted by atomic mass is 9.70. The molecule has 3 unspecified atom stereocenters. The van der Waals surface area contributed by atoms with Crippen molar-refractivity contribution in [1.29, 1.82) is 0 Å². The van der Waals surface area contributed by atoms with Gasteiger partial charge in [-0.2, -0.15) is 0 Å². The third-order valence-corrected chi connectivity index (χ3v) is 7.67. The van der Waals surface area contributed by atoms with Crippen molar-refractivity contribution in [2.75, 3.05) is 19.6 Å². The van der Waals surface area contributed by atoms with Gasteiger partial charge in [0.15, 0.2) is 0 Å². The number of nitrogens with zero attached hydrogens (tertiary/aromatic N) is 2. The molecular weight excluding hydrogens is 522 g/mol. The molecular formula is C33H52F2N4S. The van der Waals surface area contributed by atoms with E-state index in [9.17, 15) is 0 Å². The Kier molecular flexibility index (Phi) is 15.5. The van der Waals surface area contributed by atoms with E-state index in [0.717, 1.165) is 48.2 Å². The second-order valence-corrected chi connectivity index (χ2v) is 10.6. The monoisotopic (exact) mass is 574 g/mol. The lowest BCUT2D eigenvalue weighted by Crippen LogP contribution is -2.43. The van der Waals surface area contributed by atoms with Crippen molar-refractivity contribution in [3.8, 4) is 0 Å². The minimum atomic E-state index is -2.96. The van der Waals surface area contributed by atoms with E-state index < -0.39 is 17.9 Å². The zero-order valence-corrected chi connectivity index (χ0v) is 26.7. The van der Waals surface area contributed by atoms with E-state index in [4.69, 9.17) is 11.5 Å². The van der Waals surface area contributed by atoms with Gasteiger partial charge in [0, 0.05) is 38.2 Å². The summed E-state index contributed by atoms with van der Waals surface area (Å²) in [4.78, 5) is 7.78. The molecule has 0 spiro atoms. The van der Waals surface area contributed by atoms with Gasteiger partial charge in [0.1, 0.15) is 5.84 Å². The zero-order chi connectivity index (χ0) is 30.5. The number of allylic oxidation sites excluding steroid dienone is 8. The highest BCUT2D eigenvalue weighted by Crippen LogP contribution is 2.46. The highest BCUT2D eigenvalue weighted by atomic mass is 32.1. The molecule has 0 saturated carbocycles. The van der Waals surface area contributed by atoms with Gasteiger partial charge < -0.3 is 16.4 Å². The first-order chi connectivity index (χ1) is 19.0.